The lowest BCUT2D eigenvalue weighted by Gasteiger charge is -2.27. The number of carbonyl (C=O) groups excluding carboxylic acids is 2. The number of esters is 2. The number of aromatic amines is 2. The number of thiophene rings is 2. The van der Waals surface area contributed by atoms with Gasteiger partial charge in [0.05, 0.1) is 69.0 Å². The number of anilines is 1. The molecule has 0 atom stereocenters. The summed E-state index contributed by atoms with van der Waals surface area (Å²) in [6.45, 7) is 6.50. The summed E-state index contributed by atoms with van der Waals surface area (Å²) >= 11 is 34.0. The Labute approximate surface area is 375 Å². The van der Waals surface area contributed by atoms with Gasteiger partial charge in [0.25, 0.3) is 11.1 Å². The number of nitrogens with one attached hydrogen (secondary N) is 3. The first kappa shape index (κ1) is 44.5. The number of methoxy groups -OCH3 is 2. The molecule has 2 aromatic carbocycles. The van der Waals surface area contributed by atoms with Gasteiger partial charge in [-0.2, -0.15) is 0 Å². The van der Waals surface area contributed by atoms with Crippen LogP contribution in [-0.2, 0) is 18.9 Å². The molecule has 8 rings (SSSR count). The van der Waals surface area contributed by atoms with E-state index in [-0.39, 0.29) is 22.5 Å². The Morgan fingerprint density at radius 1 is 0.707 bits per heavy atom. The van der Waals surface area contributed by atoms with Crippen LogP contribution in [-0.4, -0.2) is 88.7 Å². The molecule has 0 saturated carbocycles. The highest BCUT2D eigenvalue weighted by Gasteiger charge is 2.27. The molecule has 12 nitrogen and oxygen atoms in total. The maximum Gasteiger partial charge on any atom is 0.355 e. The van der Waals surface area contributed by atoms with E-state index in [9.17, 15) is 19.2 Å². The molecule has 3 N–H and O–H groups in total. The van der Waals surface area contributed by atoms with Crippen LogP contribution >= 0.6 is 101 Å². The standard InChI is InChI=1S/C19H15BrCl2N2O4S.C15H8BrCl2NO3S.C4H9NO/c1-27-19(26)15-12(9-2-3-10(21)11(22)8-9)13-14(20)18(24-4-6-28-7-5-24)29-16(13)17(25)23-15;1-22-15(21)12-11(6-2-3-8(17)9(18)4-6)7-5-10(16)23-13(7)14(20)19-12;1-3-6-4-2-5-1/h2-3,8H,4-7H2,1H3,(H,23,25);2-5H,1H3,(H,19,20);5H,1-4H2. The van der Waals surface area contributed by atoms with Crippen LogP contribution in [0, 0.1) is 0 Å². The van der Waals surface area contributed by atoms with Crippen molar-refractivity contribution in [3.8, 4) is 22.3 Å². The monoisotopic (exact) mass is 1030 g/mol. The third-order valence-electron chi connectivity index (χ3n) is 8.78. The average Bonchev–Trinajstić information content (AvgIpc) is 3.81. The molecule has 20 heteroatoms. The minimum Gasteiger partial charge on any atom is -0.464 e. The number of aromatic nitrogens is 2. The van der Waals surface area contributed by atoms with Crippen molar-refractivity contribution in [3.63, 3.8) is 0 Å². The lowest BCUT2D eigenvalue weighted by Crippen LogP contribution is -2.35. The number of nitrogens with zero attached hydrogens (tertiary/aromatic N) is 1. The second-order valence-electron chi connectivity index (χ2n) is 12.3. The number of H-pyrrole nitrogens is 2. The third-order valence-corrected chi connectivity index (χ3v) is 14.2. The van der Waals surface area contributed by atoms with Gasteiger partial charge >= 0.3 is 11.9 Å². The maximum atomic E-state index is 12.8. The molecule has 0 spiro atoms. The van der Waals surface area contributed by atoms with Crippen LogP contribution in [0.4, 0.5) is 5.00 Å². The number of pyridine rings is 2. The summed E-state index contributed by atoms with van der Waals surface area (Å²) in [4.78, 5) is 57.1. The molecule has 58 heavy (non-hydrogen) atoms. The van der Waals surface area contributed by atoms with E-state index in [0.29, 0.717) is 75.7 Å². The van der Waals surface area contributed by atoms with Crippen molar-refractivity contribution in [2.45, 2.75) is 0 Å². The lowest BCUT2D eigenvalue weighted by atomic mass is 10.00. The van der Waals surface area contributed by atoms with Crippen LogP contribution < -0.4 is 21.3 Å². The molecule has 4 aromatic heterocycles. The van der Waals surface area contributed by atoms with Crippen molar-refractivity contribution in [2.75, 3.05) is 71.7 Å². The molecule has 0 unspecified atom stereocenters. The Morgan fingerprint density at radius 2 is 1.22 bits per heavy atom. The van der Waals surface area contributed by atoms with Gasteiger partial charge in [0.2, 0.25) is 0 Å². The first-order chi connectivity index (χ1) is 27.8. The predicted octanol–water partition coefficient (Wildman–Crippen LogP) is 9.67. The lowest BCUT2D eigenvalue weighted by molar-refractivity contribution is 0.0586. The highest BCUT2D eigenvalue weighted by atomic mass is 79.9. The van der Waals surface area contributed by atoms with Crippen molar-refractivity contribution in [1.29, 1.82) is 0 Å². The zero-order valence-electron chi connectivity index (χ0n) is 30.5. The smallest absolute Gasteiger partial charge is 0.355 e. The maximum absolute atomic E-state index is 12.8. The average molecular weight is 1040 g/mol. The molecule has 0 aliphatic carbocycles. The van der Waals surface area contributed by atoms with Gasteiger partial charge in [-0.25, -0.2) is 9.59 Å². The van der Waals surface area contributed by atoms with Crippen LogP contribution in [0.3, 0.4) is 0 Å². The van der Waals surface area contributed by atoms with Gasteiger partial charge in [-0.3, -0.25) is 9.59 Å². The molecule has 0 radical (unpaired) electrons. The van der Waals surface area contributed by atoms with Crippen molar-refractivity contribution in [2.24, 2.45) is 0 Å². The van der Waals surface area contributed by atoms with Gasteiger partial charge < -0.3 is 39.1 Å². The van der Waals surface area contributed by atoms with E-state index in [2.05, 4.69) is 52.0 Å². The van der Waals surface area contributed by atoms with Gasteiger partial charge in [-0.15, -0.1) is 22.7 Å². The Balaban J connectivity index is 0.000000174. The van der Waals surface area contributed by atoms with Gasteiger partial charge in [-0.1, -0.05) is 58.5 Å². The van der Waals surface area contributed by atoms with Crippen molar-refractivity contribution in [3.05, 3.63) is 103 Å². The number of ether oxygens (including phenoxy) is 4. The van der Waals surface area contributed by atoms with Gasteiger partial charge in [0, 0.05) is 48.1 Å². The minimum atomic E-state index is -0.643. The number of fused-ring (bicyclic) bond motifs is 2. The fourth-order valence-electron chi connectivity index (χ4n) is 6.11. The fourth-order valence-corrected chi connectivity index (χ4v) is 10.4. The molecule has 6 aromatic rings. The highest BCUT2D eigenvalue weighted by Crippen LogP contribution is 2.46. The van der Waals surface area contributed by atoms with E-state index in [1.54, 1.807) is 42.5 Å². The first-order valence-electron chi connectivity index (χ1n) is 17.3. The molecule has 6 heterocycles. The van der Waals surface area contributed by atoms with Crippen molar-refractivity contribution in [1.82, 2.24) is 15.3 Å². The third kappa shape index (κ3) is 9.79. The number of rotatable bonds is 5. The molecular formula is C38H32Br2Cl4N4O8S2. The van der Waals surface area contributed by atoms with Crippen LogP contribution in [0.2, 0.25) is 20.1 Å². The van der Waals surface area contributed by atoms with Crippen molar-refractivity contribution >= 4 is 138 Å². The van der Waals surface area contributed by atoms with E-state index < -0.39 is 11.9 Å². The van der Waals surface area contributed by atoms with Crippen LogP contribution in [0.5, 0.6) is 0 Å². The molecule has 2 aliphatic heterocycles. The minimum absolute atomic E-state index is 0.0652. The summed E-state index contributed by atoms with van der Waals surface area (Å²) < 4.78 is 22.7. The van der Waals surface area contributed by atoms with E-state index in [4.69, 9.17) is 65.4 Å². The number of benzene rings is 2. The Morgan fingerprint density at radius 3 is 1.72 bits per heavy atom. The molecular weight excluding hydrogens is 1010 g/mol. The summed E-state index contributed by atoms with van der Waals surface area (Å²) in [5.74, 6) is -1.27. The van der Waals surface area contributed by atoms with Crippen LogP contribution in [0.1, 0.15) is 21.0 Å². The fraction of sp³-hybridized carbons (Fsp3) is 0.263. The van der Waals surface area contributed by atoms with Gasteiger partial charge in [0.1, 0.15) is 25.8 Å². The molecule has 0 amide bonds. The molecule has 2 saturated heterocycles. The molecule has 0 bridgehead atoms. The summed E-state index contributed by atoms with van der Waals surface area (Å²) in [7, 11) is 2.53. The second kappa shape index (κ2) is 20.0. The highest BCUT2D eigenvalue weighted by molar-refractivity contribution is 9.11. The summed E-state index contributed by atoms with van der Waals surface area (Å²) in [6.07, 6.45) is 0. The second-order valence-corrected chi connectivity index (χ2v) is 18.2. The molecule has 306 valence electrons. The van der Waals surface area contributed by atoms with Gasteiger partial charge in [0.15, 0.2) is 0 Å². The zero-order valence-corrected chi connectivity index (χ0v) is 38.3. The van der Waals surface area contributed by atoms with E-state index in [1.807, 2.05) is 0 Å². The normalized spacial score (nSPS) is 14.0. The quantitative estimate of drug-likeness (QED) is 0.142. The van der Waals surface area contributed by atoms with E-state index >= 15 is 0 Å². The van der Waals surface area contributed by atoms with Gasteiger partial charge in [-0.05, 0) is 73.3 Å². The summed E-state index contributed by atoms with van der Waals surface area (Å²) in [5.41, 5.74) is 1.83. The van der Waals surface area contributed by atoms with Crippen molar-refractivity contribution < 1.29 is 28.5 Å². The first-order valence-corrected chi connectivity index (χ1v) is 22.0. The van der Waals surface area contributed by atoms with Crippen LogP contribution in [0.25, 0.3) is 42.4 Å². The number of morpholine rings is 2. The SMILES string of the molecule is C1COCCN1.COC(=O)c1[nH]c(=O)c2sc(Br)cc2c1-c1ccc(Cl)c(Cl)c1.COC(=O)c1[nH]c(=O)c2sc(N3CCOCC3)c(Br)c2c1-c1ccc(Cl)c(Cl)c1. The number of carbonyl (C=O) groups is 2. The zero-order chi connectivity index (χ0) is 41.7. The Kier molecular flexibility index (Phi) is 15.4. The predicted molar refractivity (Wildman–Crippen MR) is 241 cm³/mol. The van der Waals surface area contributed by atoms with E-state index in [1.165, 1.54) is 36.9 Å². The molecule has 2 aliphatic rings. The molecule has 2 fully saturated rings. The topological polar surface area (TPSA) is 152 Å². The number of hydrogen-bond donors (Lipinski definition) is 3. The summed E-state index contributed by atoms with van der Waals surface area (Å²) in [6, 6.07) is 11.9. The summed E-state index contributed by atoms with van der Waals surface area (Å²) in [5, 5.41) is 6.86. The number of hydrogen-bond acceptors (Lipinski definition) is 12. The largest absolute Gasteiger partial charge is 0.464 e. The van der Waals surface area contributed by atoms with E-state index in [0.717, 1.165) is 52.7 Å². The Bertz CT molecular complexity index is 2610. The Hall–Kier alpha value is -3.00. The number of halogens is 6. The van der Waals surface area contributed by atoms with Crippen LogP contribution in [0.15, 0.2) is 60.3 Å².